The molecule has 0 amide bonds. The van der Waals surface area contributed by atoms with Crippen LogP contribution in [-0.2, 0) is 19.0 Å². The van der Waals surface area contributed by atoms with Crippen molar-refractivity contribution in [3.05, 3.63) is 0 Å². The molecule has 5 nitrogen and oxygen atoms in total. The zero-order valence-electron chi connectivity index (χ0n) is 18.6. The van der Waals surface area contributed by atoms with Gasteiger partial charge in [-0.1, -0.05) is 77.6 Å². The molecule has 1 aliphatic heterocycles. The molecule has 0 aromatic carbocycles. The van der Waals surface area contributed by atoms with Crippen LogP contribution in [0.1, 0.15) is 104 Å². The van der Waals surface area contributed by atoms with E-state index in [1.165, 1.54) is 70.6 Å². The maximum atomic E-state index is 10.6. The van der Waals surface area contributed by atoms with Crippen molar-refractivity contribution in [3.63, 3.8) is 0 Å². The third kappa shape index (κ3) is 15.2. The summed E-state index contributed by atoms with van der Waals surface area (Å²) < 4.78 is 17.0. The number of carboxylic acid groups (broad SMARTS) is 1. The molecule has 1 heterocycles. The minimum Gasteiger partial charge on any atom is -0.550 e. The van der Waals surface area contributed by atoms with E-state index in [0.29, 0.717) is 19.6 Å². The predicted octanol–water partition coefficient (Wildman–Crippen LogP) is 1.37. The number of aliphatic carboxylic acids is 1. The number of ether oxygens (including phenoxy) is 3. The average Bonchev–Trinajstić information content (AvgIpc) is 3.02. The monoisotopic (exact) mass is 408 g/mol. The van der Waals surface area contributed by atoms with Crippen LogP contribution in [0.5, 0.6) is 0 Å². The largest absolute Gasteiger partial charge is 1.00 e. The topological polar surface area (TPSA) is 67.8 Å². The fraction of sp³-hybridized carbons (Fsp3) is 0.955. The molecule has 1 saturated heterocycles. The molecule has 0 saturated carbocycles. The Morgan fingerprint density at radius 2 is 1.54 bits per heavy atom. The zero-order valence-corrected chi connectivity index (χ0v) is 20.6. The Balaban J connectivity index is 0.00000729. The molecule has 0 aliphatic carbocycles. The average molecular weight is 409 g/mol. The van der Waals surface area contributed by atoms with Gasteiger partial charge in [-0.2, -0.15) is 0 Å². The van der Waals surface area contributed by atoms with Crippen LogP contribution in [0.3, 0.4) is 0 Å². The van der Waals surface area contributed by atoms with E-state index >= 15 is 0 Å². The first-order chi connectivity index (χ1) is 13.1. The molecule has 1 rings (SSSR count). The SMILES string of the molecule is CCCCCCCCCCCCCCOCC1COC(C)(CCC(=O)[O-])O1.[Na+]. The number of carboxylic acids is 1. The second kappa shape index (κ2) is 18.1. The van der Waals surface area contributed by atoms with Crippen molar-refractivity contribution >= 4 is 5.97 Å². The van der Waals surface area contributed by atoms with Crippen molar-refractivity contribution in [2.75, 3.05) is 19.8 Å². The predicted molar refractivity (Wildman–Crippen MR) is 105 cm³/mol. The summed E-state index contributed by atoms with van der Waals surface area (Å²) in [4.78, 5) is 10.6. The maximum Gasteiger partial charge on any atom is 1.00 e. The molecule has 0 spiro atoms. The van der Waals surface area contributed by atoms with Crippen molar-refractivity contribution in [2.45, 2.75) is 116 Å². The van der Waals surface area contributed by atoms with Gasteiger partial charge in [-0.25, -0.2) is 0 Å². The van der Waals surface area contributed by atoms with Crippen molar-refractivity contribution in [1.82, 2.24) is 0 Å². The van der Waals surface area contributed by atoms with Crippen LogP contribution in [0, 0.1) is 0 Å². The molecule has 2 atom stereocenters. The molecule has 0 aromatic heterocycles. The fourth-order valence-corrected chi connectivity index (χ4v) is 3.49. The number of hydrogen-bond donors (Lipinski definition) is 0. The second-order valence-electron chi connectivity index (χ2n) is 8.02. The van der Waals surface area contributed by atoms with Gasteiger partial charge >= 0.3 is 29.6 Å². The Morgan fingerprint density at radius 3 is 2.07 bits per heavy atom. The molecule has 0 radical (unpaired) electrons. The first kappa shape index (κ1) is 28.4. The van der Waals surface area contributed by atoms with Crippen LogP contribution < -0.4 is 34.7 Å². The summed E-state index contributed by atoms with van der Waals surface area (Å²) in [6, 6.07) is 0. The van der Waals surface area contributed by atoms with Gasteiger partial charge in [0.1, 0.15) is 6.10 Å². The van der Waals surface area contributed by atoms with E-state index in [-0.39, 0.29) is 42.1 Å². The van der Waals surface area contributed by atoms with Crippen molar-refractivity contribution in [3.8, 4) is 0 Å². The minimum atomic E-state index is -1.07. The Kier molecular flexibility index (Phi) is 18.4. The third-order valence-corrected chi connectivity index (χ3v) is 5.22. The molecule has 1 fully saturated rings. The van der Waals surface area contributed by atoms with Crippen LogP contribution in [0.25, 0.3) is 0 Å². The minimum absolute atomic E-state index is 0. The normalized spacial score (nSPS) is 21.6. The van der Waals surface area contributed by atoms with Gasteiger partial charge in [-0.3, -0.25) is 0 Å². The van der Waals surface area contributed by atoms with E-state index in [4.69, 9.17) is 14.2 Å². The number of carbonyl (C=O) groups is 1. The van der Waals surface area contributed by atoms with Crippen LogP contribution in [-0.4, -0.2) is 37.7 Å². The van der Waals surface area contributed by atoms with Crippen molar-refractivity contribution in [2.24, 2.45) is 0 Å². The van der Waals surface area contributed by atoms with Gasteiger partial charge in [0.2, 0.25) is 0 Å². The molecular weight excluding hydrogens is 367 g/mol. The van der Waals surface area contributed by atoms with Gasteiger partial charge in [0.25, 0.3) is 0 Å². The van der Waals surface area contributed by atoms with Crippen LogP contribution in [0.2, 0.25) is 0 Å². The van der Waals surface area contributed by atoms with E-state index in [0.717, 1.165) is 13.0 Å². The summed E-state index contributed by atoms with van der Waals surface area (Å²) >= 11 is 0. The van der Waals surface area contributed by atoms with Crippen LogP contribution in [0.15, 0.2) is 0 Å². The molecule has 28 heavy (non-hydrogen) atoms. The summed E-state index contributed by atoms with van der Waals surface area (Å²) in [5, 5.41) is 10.6. The maximum absolute atomic E-state index is 10.6. The first-order valence-corrected chi connectivity index (χ1v) is 11.1. The summed E-state index contributed by atoms with van der Waals surface area (Å²) in [5.74, 6) is -1.89. The van der Waals surface area contributed by atoms with Crippen molar-refractivity contribution in [1.29, 1.82) is 0 Å². The van der Waals surface area contributed by atoms with E-state index in [1.807, 2.05) is 0 Å². The Labute approximate surface area is 194 Å². The fourth-order valence-electron chi connectivity index (χ4n) is 3.49. The quantitative estimate of drug-likeness (QED) is 0.253. The molecule has 160 valence electrons. The molecule has 0 bridgehead atoms. The van der Waals surface area contributed by atoms with E-state index in [9.17, 15) is 9.90 Å². The third-order valence-electron chi connectivity index (χ3n) is 5.22. The summed E-state index contributed by atoms with van der Waals surface area (Å²) in [6.45, 7) is 5.77. The van der Waals surface area contributed by atoms with Crippen LogP contribution in [0.4, 0.5) is 0 Å². The molecule has 2 unspecified atom stereocenters. The van der Waals surface area contributed by atoms with Gasteiger partial charge in [0.05, 0.1) is 13.2 Å². The summed E-state index contributed by atoms with van der Waals surface area (Å²) in [7, 11) is 0. The molecule has 0 N–H and O–H groups in total. The standard InChI is InChI=1S/C22H42O5.Na/c1-3-4-5-6-7-8-9-10-11-12-13-14-17-25-18-20-19-26-22(2,27-20)16-15-21(23)24;/h20H,3-19H2,1-2H3,(H,23,24);/q;+1/p-1. The molecule has 0 aromatic rings. The van der Waals surface area contributed by atoms with Gasteiger partial charge in [-0.05, 0) is 19.8 Å². The summed E-state index contributed by atoms with van der Waals surface area (Å²) in [6.07, 6.45) is 16.2. The van der Waals surface area contributed by atoms with Gasteiger partial charge in [-0.15, -0.1) is 0 Å². The first-order valence-electron chi connectivity index (χ1n) is 11.1. The van der Waals surface area contributed by atoms with Crippen LogP contribution >= 0.6 is 0 Å². The van der Waals surface area contributed by atoms with Gasteiger partial charge in [0, 0.05) is 19.0 Å². The Bertz CT molecular complexity index is 380. The van der Waals surface area contributed by atoms with E-state index in [2.05, 4.69) is 6.92 Å². The van der Waals surface area contributed by atoms with Crippen molar-refractivity contribution < 1.29 is 53.7 Å². The number of hydrogen-bond acceptors (Lipinski definition) is 5. The molecule has 1 aliphatic rings. The molecule has 6 heteroatoms. The van der Waals surface area contributed by atoms with Gasteiger partial charge < -0.3 is 24.1 Å². The Morgan fingerprint density at radius 1 is 1.00 bits per heavy atom. The molecular formula is C22H41NaO5. The Hall–Kier alpha value is 0.350. The number of unbranched alkanes of at least 4 members (excludes halogenated alkanes) is 11. The van der Waals surface area contributed by atoms with Gasteiger partial charge in [0.15, 0.2) is 5.79 Å². The zero-order chi connectivity index (χ0) is 19.8. The number of rotatable bonds is 18. The van der Waals surface area contributed by atoms with E-state index in [1.54, 1.807) is 6.92 Å². The second-order valence-corrected chi connectivity index (χ2v) is 8.02. The summed E-state index contributed by atoms with van der Waals surface area (Å²) in [5.41, 5.74) is 0. The smallest absolute Gasteiger partial charge is 0.550 e. The van der Waals surface area contributed by atoms with E-state index < -0.39 is 11.8 Å². The number of carbonyl (C=O) groups excluding carboxylic acids is 1.